The average Bonchev–Trinajstić information content (AvgIpc) is 1.87. The standard InChI is InChI=1S/C6H5Br.CH4N2S/c7-6-4-2-1-3-5-6;2-1(3)4/h1-5H;(H4,2,3,4). The van der Waals surface area contributed by atoms with Gasteiger partial charge in [0.25, 0.3) is 0 Å². The maximum Gasteiger partial charge on any atom is 0.160 e. The summed E-state index contributed by atoms with van der Waals surface area (Å²) < 4.78 is 1.13. The van der Waals surface area contributed by atoms with Crippen molar-refractivity contribution in [1.29, 1.82) is 0 Å². The van der Waals surface area contributed by atoms with Gasteiger partial charge in [-0.15, -0.1) is 0 Å². The summed E-state index contributed by atoms with van der Waals surface area (Å²) in [5, 5.41) is 0.000000000000000222. The SMILES string of the molecule is Brc1ccccc1.NC(N)=S. The van der Waals surface area contributed by atoms with Crippen molar-refractivity contribution in [3.63, 3.8) is 0 Å². The lowest BCUT2D eigenvalue weighted by atomic mass is 10.4. The quantitative estimate of drug-likeness (QED) is 0.670. The van der Waals surface area contributed by atoms with Crippen LogP contribution in [0.3, 0.4) is 0 Å². The Balaban J connectivity index is 0.000000218. The van der Waals surface area contributed by atoms with Gasteiger partial charge >= 0.3 is 0 Å². The Morgan fingerprint density at radius 3 is 1.73 bits per heavy atom. The molecule has 1 aromatic carbocycles. The van der Waals surface area contributed by atoms with E-state index >= 15 is 0 Å². The first-order chi connectivity index (χ1) is 5.13. The molecule has 0 fully saturated rings. The number of benzene rings is 1. The summed E-state index contributed by atoms with van der Waals surface area (Å²) in [5.41, 5.74) is 9.24. The number of thiocarbonyl (C=S) groups is 1. The van der Waals surface area contributed by atoms with E-state index in [1.165, 1.54) is 0 Å². The van der Waals surface area contributed by atoms with Crippen LogP contribution < -0.4 is 11.5 Å². The third kappa shape index (κ3) is 9.39. The topological polar surface area (TPSA) is 52.0 Å². The van der Waals surface area contributed by atoms with Crippen LogP contribution in [-0.2, 0) is 0 Å². The van der Waals surface area contributed by atoms with Gasteiger partial charge < -0.3 is 11.5 Å². The van der Waals surface area contributed by atoms with Crippen molar-refractivity contribution in [2.45, 2.75) is 0 Å². The van der Waals surface area contributed by atoms with Gasteiger partial charge in [0.1, 0.15) is 0 Å². The molecule has 2 nitrogen and oxygen atoms in total. The highest BCUT2D eigenvalue weighted by molar-refractivity contribution is 9.10. The maximum atomic E-state index is 4.62. The molecule has 0 aliphatic carbocycles. The number of rotatable bonds is 0. The van der Waals surface area contributed by atoms with E-state index in [0.29, 0.717) is 0 Å². The third-order valence-electron chi connectivity index (χ3n) is 0.733. The molecule has 0 spiro atoms. The van der Waals surface area contributed by atoms with E-state index in [0.717, 1.165) is 4.47 Å². The fraction of sp³-hybridized carbons (Fsp3) is 0. The molecular formula is C7H9BrN2S. The normalized spacial score (nSPS) is 7.73. The summed E-state index contributed by atoms with van der Waals surface area (Å²) in [4.78, 5) is 0. The van der Waals surface area contributed by atoms with E-state index in [4.69, 9.17) is 0 Å². The van der Waals surface area contributed by atoms with Crippen molar-refractivity contribution in [3.05, 3.63) is 34.8 Å². The van der Waals surface area contributed by atoms with E-state index in [-0.39, 0.29) is 5.11 Å². The van der Waals surface area contributed by atoms with Gasteiger partial charge in [-0.2, -0.15) is 0 Å². The summed E-state index contributed by atoms with van der Waals surface area (Å²) in [6.45, 7) is 0. The Bertz CT molecular complexity index is 209. The molecule has 60 valence electrons. The van der Waals surface area contributed by atoms with Crippen LogP contribution in [-0.4, -0.2) is 5.11 Å². The van der Waals surface area contributed by atoms with Crippen LogP contribution in [0.2, 0.25) is 0 Å². The number of hydrogen-bond donors (Lipinski definition) is 2. The fourth-order valence-corrected chi connectivity index (χ4v) is 0.720. The van der Waals surface area contributed by atoms with Gasteiger partial charge in [0.15, 0.2) is 5.11 Å². The predicted octanol–water partition coefficient (Wildman–Crippen LogP) is 1.64. The molecule has 0 aliphatic rings. The molecule has 1 rings (SSSR count). The Labute approximate surface area is 79.7 Å². The zero-order chi connectivity index (χ0) is 8.69. The zero-order valence-electron chi connectivity index (χ0n) is 5.83. The smallest absolute Gasteiger partial charge is 0.160 e. The first-order valence-electron chi connectivity index (χ1n) is 2.88. The largest absolute Gasteiger partial charge is 0.377 e. The molecule has 11 heavy (non-hydrogen) atoms. The van der Waals surface area contributed by atoms with Gasteiger partial charge in [0.2, 0.25) is 0 Å². The minimum absolute atomic E-state index is 0.000000000000000222. The lowest BCUT2D eigenvalue weighted by Crippen LogP contribution is -2.18. The average molecular weight is 233 g/mol. The highest BCUT2D eigenvalue weighted by atomic mass is 79.9. The van der Waals surface area contributed by atoms with E-state index < -0.39 is 0 Å². The molecule has 0 atom stereocenters. The van der Waals surface area contributed by atoms with Crippen LogP contribution in [0.1, 0.15) is 0 Å². The summed E-state index contributed by atoms with van der Waals surface area (Å²) in [7, 11) is 0. The second kappa shape index (κ2) is 6.12. The Kier molecular flexibility index (Phi) is 5.78. The third-order valence-corrected chi connectivity index (χ3v) is 1.26. The van der Waals surface area contributed by atoms with Crippen molar-refractivity contribution >= 4 is 33.3 Å². The molecule has 4 N–H and O–H groups in total. The van der Waals surface area contributed by atoms with Crippen molar-refractivity contribution in [1.82, 2.24) is 0 Å². The van der Waals surface area contributed by atoms with Crippen LogP contribution in [0, 0.1) is 0 Å². The molecule has 0 heterocycles. The van der Waals surface area contributed by atoms with Crippen molar-refractivity contribution in [2.75, 3.05) is 0 Å². The molecule has 0 saturated heterocycles. The molecule has 0 aliphatic heterocycles. The molecular weight excluding hydrogens is 224 g/mol. The molecule has 0 bridgehead atoms. The van der Waals surface area contributed by atoms with E-state index in [9.17, 15) is 0 Å². The maximum absolute atomic E-state index is 4.62. The summed E-state index contributed by atoms with van der Waals surface area (Å²) in [6, 6.07) is 9.97. The molecule has 0 amide bonds. The van der Waals surface area contributed by atoms with Crippen molar-refractivity contribution in [3.8, 4) is 0 Å². The summed E-state index contributed by atoms with van der Waals surface area (Å²) >= 11 is 7.40. The summed E-state index contributed by atoms with van der Waals surface area (Å²) in [6.07, 6.45) is 0. The molecule has 1 aromatic rings. The van der Waals surface area contributed by atoms with Crippen LogP contribution in [0.5, 0.6) is 0 Å². The Hall–Kier alpha value is -0.610. The Morgan fingerprint density at radius 1 is 1.18 bits per heavy atom. The van der Waals surface area contributed by atoms with Gasteiger partial charge in [-0.25, -0.2) is 0 Å². The van der Waals surface area contributed by atoms with E-state index in [1.54, 1.807) is 0 Å². The number of nitrogens with two attached hydrogens (primary N) is 2. The van der Waals surface area contributed by atoms with Gasteiger partial charge in [-0.1, -0.05) is 34.1 Å². The van der Waals surface area contributed by atoms with E-state index in [2.05, 4.69) is 39.6 Å². The lowest BCUT2D eigenvalue weighted by Gasteiger charge is -1.80. The van der Waals surface area contributed by atoms with Gasteiger partial charge in [0.05, 0.1) is 0 Å². The molecule has 0 saturated carbocycles. The highest BCUT2D eigenvalue weighted by Gasteiger charge is 1.74. The number of halogens is 1. The summed E-state index contributed by atoms with van der Waals surface area (Å²) in [5.74, 6) is 0. The highest BCUT2D eigenvalue weighted by Crippen LogP contribution is 2.05. The monoisotopic (exact) mass is 232 g/mol. The first-order valence-corrected chi connectivity index (χ1v) is 4.08. The molecule has 0 unspecified atom stereocenters. The van der Waals surface area contributed by atoms with Crippen LogP contribution in [0.4, 0.5) is 0 Å². The van der Waals surface area contributed by atoms with Crippen molar-refractivity contribution < 1.29 is 0 Å². The fourth-order valence-electron chi connectivity index (χ4n) is 0.415. The molecule has 0 aromatic heterocycles. The lowest BCUT2D eigenvalue weighted by molar-refractivity contribution is 1.65. The second-order valence-electron chi connectivity index (χ2n) is 1.70. The van der Waals surface area contributed by atoms with Gasteiger partial charge in [-0.3, -0.25) is 0 Å². The second-order valence-corrected chi connectivity index (χ2v) is 3.09. The minimum Gasteiger partial charge on any atom is -0.377 e. The molecule has 4 heteroatoms. The van der Waals surface area contributed by atoms with Crippen molar-refractivity contribution in [2.24, 2.45) is 11.5 Å². The van der Waals surface area contributed by atoms with Gasteiger partial charge in [0, 0.05) is 4.47 Å². The van der Waals surface area contributed by atoms with Crippen LogP contribution >= 0.6 is 28.1 Å². The number of hydrogen-bond acceptors (Lipinski definition) is 1. The predicted molar refractivity (Wildman–Crippen MR) is 55.1 cm³/mol. The van der Waals surface area contributed by atoms with Crippen LogP contribution in [0.25, 0.3) is 0 Å². The first kappa shape index (κ1) is 10.4. The van der Waals surface area contributed by atoms with Crippen LogP contribution in [0.15, 0.2) is 34.8 Å². The van der Waals surface area contributed by atoms with E-state index in [1.807, 2.05) is 30.3 Å². The van der Waals surface area contributed by atoms with Gasteiger partial charge in [-0.05, 0) is 24.4 Å². The Morgan fingerprint density at radius 2 is 1.55 bits per heavy atom. The minimum atomic E-state index is 0.000000000000000222. The molecule has 0 radical (unpaired) electrons. The zero-order valence-corrected chi connectivity index (χ0v) is 8.23.